The van der Waals surface area contributed by atoms with Crippen molar-refractivity contribution in [3.8, 4) is 0 Å². The normalized spacial score (nSPS) is 44.8. The van der Waals surface area contributed by atoms with Crippen LogP contribution < -0.4 is 0 Å². The number of methoxy groups -OCH3 is 1. The van der Waals surface area contributed by atoms with Crippen molar-refractivity contribution in [1.29, 1.82) is 0 Å². The SMILES string of the molecule is COC(=O)[C@@]12CC[C@@](C)(C(=O)[C@H]1Br)C2(C)C. The molecule has 0 radical (unpaired) electrons. The van der Waals surface area contributed by atoms with E-state index in [2.05, 4.69) is 15.9 Å². The van der Waals surface area contributed by atoms with Gasteiger partial charge in [0.25, 0.3) is 0 Å². The fourth-order valence-corrected chi connectivity index (χ4v) is 5.08. The van der Waals surface area contributed by atoms with Crippen LogP contribution in [0.2, 0.25) is 0 Å². The lowest BCUT2D eigenvalue weighted by atomic mass is 9.65. The molecule has 0 N–H and O–H groups in total. The second-order valence-electron chi connectivity index (χ2n) is 5.65. The van der Waals surface area contributed by atoms with Gasteiger partial charge in [-0.1, -0.05) is 36.7 Å². The average molecular weight is 289 g/mol. The van der Waals surface area contributed by atoms with Crippen LogP contribution in [-0.2, 0) is 14.3 Å². The number of ketones is 1. The van der Waals surface area contributed by atoms with Gasteiger partial charge in [0, 0.05) is 5.41 Å². The maximum absolute atomic E-state index is 12.3. The molecule has 2 rings (SSSR count). The predicted octanol–water partition coefficient (Wildman–Crippen LogP) is 2.32. The van der Waals surface area contributed by atoms with Crippen molar-refractivity contribution < 1.29 is 14.3 Å². The van der Waals surface area contributed by atoms with E-state index in [-0.39, 0.29) is 17.2 Å². The molecule has 4 heteroatoms. The molecule has 0 spiro atoms. The number of Topliss-reactive ketones (excluding diaryl/α,β-unsaturated/α-hetero) is 1. The van der Waals surface area contributed by atoms with Gasteiger partial charge >= 0.3 is 5.97 Å². The van der Waals surface area contributed by atoms with Crippen LogP contribution in [-0.4, -0.2) is 23.7 Å². The number of hydrogen-bond acceptors (Lipinski definition) is 3. The summed E-state index contributed by atoms with van der Waals surface area (Å²) >= 11 is 3.42. The van der Waals surface area contributed by atoms with Gasteiger partial charge in [0.05, 0.1) is 17.4 Å². The Labute approximate surface area is 104 Å². The van der Waals surface area contributed by atoms with Crippen LogP contribution in [0.1, 0.15) is 33.6 Å². The summed E-state index contributed by atoms with van der Waals surface area (Å²) in [4.78, 5) is 24.0. The Bertz CT molecular complexity index is 376. The highest BCUT2D eigenvalue weighted by molar-refractivity contribution is 9.10. The smallest absolute Gasteiger partial charge is 0.313 e. The maximum atomic E-state index is 12.3. The molecule has 2 aliphatic rings. The van der Waals surface area contributed by atoms with Crippen molar-refractivity contribution in [3.05, 3.63) is 0 Å². The predicted molar refractivity (Wildman–Crippen MR) is 63.3 cm³/mol. The Morgan fingerprint density at radius 1 is 1.38 bits per heavy atom. The van der Waals surface area contributed by atoms with Crippen LogP contribution >= 0.6 is 15.9 Å². The molecule has 0 aromatic rings. The first kappa shape index (κ1) is 12.1. The Morgan fingerprint density at radius 2 is 1.94 bits per heavy atom. The van der Waals surface area contributed by atoms with E-state index in [0.29, 0.717) is 0 Å². The quantitative estimate of drug-likeness (QED) is 0.549. The number of alkyl halides is 1. The molecular weight excluding hydrogens is 272 g/mol. The highest BCUT2D eigenvalue weighted by Crippen LogP contribution is 2.72. The Kier molecular flexibility index (Phi) is 2.34. The van der Waals surface area contributed by atoms with Gasteiger partial charge in [0.2, 0.25) is 0 Å². The molecule has 0 saturated heterocycles. The Hall–Kier alpha value is -0.380. The third-order valence-corrected chi connectivity index (χ3v) is 6.47. The minimum Gasteiger partial charge on any atom is -0.469 e. The van der Waals surface area contributed by atoms with Crippen LogP contribution in [0.4, 0.5) is 0 Å². The lowest BCUT2D eigenvalue weighted by molar-refractivity contribution is -0.157. The summed E-state index contributed by atoms with van der Waals surface area (Å²) in [7, 11) is 1.39. The lowest BCUT2D eigenvalue weighted by Crippen LogP contribution is -2.45. The Morgan fingerprint density at radius 3 is 2.31 bits per heavy atom. The van der Waals surface area contributed by atoms with E-state index in [9.17, 15) is 9.59 Å². The summed E-state index contributed by atoms with van der Waals surface area (Å²) in [5.74, 6) is -0.108. The Balaban J connectivity index is 2.63. The van der Waals surface area contributed by atoms with E-state index in [1.54, 1.807) is 0 Å². The van der Waals surface area contributed by atoms with Crippen LogP contribution in [0.25, 0.3) is 0 Å². The zero-order valence-corrected chi connectivity index (χ0v) is 11.7. The second-order valence-corrected chi connectivity index (χ2v) is 6.56. The van der Waals surface area contributed by atoms with Crippen LogP contribution in [0.15, 0.2) is 0 Å². The summed E-state index contributed by atoms with van der Waals surface area (Å²) in [5.41, 5.74) is -1.44. The zero-order chi connectivity index (χ0) is 12.4. The van der Waals surface area contributed by atoms with E-state index >= 15 is 0 Å². The van der Waals surface area contributed by atoms with E-state index in [0.717, 1.165) is 12.8 Å². The van der Waals surface area contributed by atoms with Crippen LogP contribution in [0, 0.1) is 16.2 Å². The van der Waals surface area contributed by atoms with Crippen molar-refractivity contribution in [1.82, 2.24) is 0 Å². The number of esters is 1. The molecular formula is C12H17BrO3. The first-order valence-corrected chi connectivity index (χ1v) is 6.44. The van der Waals surface area contributed by atoms with Crippen LogP contribution in [0.5, 0.6) is 0 Å². The first-order valence-electron chi connectivity index (χ1n) is 5.52. The van der Waals surface area contributed by atoms with Crippen molar-refractivity contribution in [3.63, 3.8) is 0 Å². The summed E-state index contributed by atoms with van der Waals surface area (Å²) < 4.78 is 4.93. The molecule has 0 aromatic carbocycles. The van der Waals surface area contributed by atoms with Gasteiger partial charge in [-0.15, -0.1) is 0 Å². The lowest BCUT2D eigenvalue weighted by Gasteiger charge is -2.38. The highest BCUT2D eigenvalue weighted by Gasteiger charge is 2.77. The largest absolute Gasteiger partial charge is 0.469 e. The molecule has 0 aromatic heterocycles. The monoisotopic (exact) mass is 288 g/mol. The summed E-state index contributed by atoms with van der Waals surface area (Å²) in [6.07, 6.45) is 1.50. The molecule has 0 unspecified atom stereocenters. The van der Waals surface area contributed by atoms with Gasteiger partial charge in [-0.2, -0.15) is 0 Å². The van der Waals surface area contributed by atoms with Crippen molar-refractivity contribution >= 4 is 27.7 Å². The van der Waals surface area contributed by atoms with Gasteiger partial charge in [-0.3, -0.25) is 9.59 Å². The average Bonchev–Trinajstić information content (AvgIpc) is 2.51. The van der Waals surface area contributed by atoms with Gasteiger partial charge in [-0.25, -0.2) is 0 Å². The topological polar surface area (TPSA) is 43.4 Å². The first-order chi connectivity index (χ1) is 7.25. The number of halogens is 1. The fourth-order valence-electron chi connectivity index (χ4n) is 3.59. The number of carbonyl (C=O) groups excluding carboxylic acids is 2. The highest BCUT2D eigenvalue weighted by atomic mass is 79.9. The zero-order valence-electron chi connectivity index (χ0n) is 10.1. The molecule has 3 nitrogen and oxygen atoms in total. The molecule has 2 aliphatic carbocycles. The maximum Gasteiger partial charge on any atom is 0.313 e. The van der Waals surface area contributed by atoms with Crippen molar-refractivity contribution in [2.45, 2.75) is 38.4 Å². The second kappa shape index (κ2) is 3.09. The standard InChI is InChI=1S/C12H17BrO3/c1-10(2)11(3)5-6-12(10,9(15)16-4)7(13)8(11)14/h7H,5-6H2,1-4H3/t7-,11+,12-/m1/s1. The third kappa shape index (κ3) is 0.918. The summed E-state index contributed by atoms with van der Waals surface area (Å²) in [5, 5.41) is 0. The number of ether oxygens (including phenoxy) is 1. The molecule has 2 bridgehead atoms. The molecule has 3 atom stereocenters. The van der Waals surface area contributed by atoms with E-state index < -0.39 is 15.7 Å². The summed E-state index contributed by atoms with van der Waals surface area (Å²) in [6.45, 7) is 5.99. The minimum atomic E-state index is -0.687. The van der Waals surface area contributed by atoms with Gasteiger partial charge < -0.3 is 4.74 Å². The number of rotatable bonds is 1. The molecule has 0 amide bonds. The third-order valence-electron chi connectivity index (χ3n) is 5.27. The van der Waals surface area contributed by atoms with Gasteiger partial charge in [0.1, 0.15) is 0 Å². The fraction of sp³-hybridized carbons (Fsp3) is 0.833. The van der Waals surface area contributed by atoms with Crippen molar-refractivity contribution in [2.75, 3.05) is 7.11 Å². The summed E-state index contributed by atoms with van der Waals surface area (Å²) in [6, 6.07) is 0. The molecule has 16 heavy (non-hydrogen) atoms. The van der Waals surface area contributed by atoms with E-state index in [1.165, 1.54) is 7.11 Å². The molecule has 0 aliphatic heterocycles. The number of carbonyl (C=O) groups is 2. The number of fused-ring (bicyclic) bond motifs is 2. The van der Waals surface area contributed by atoms with Gasteiger partial charge in [0.15, 0.2) is 5.78 Å². The molecule has 0 heterocycles. The molecule has 2 fully saturated rings. The van der Waals surface area contributed by atoms with Crippen molar-refractivity contribution in [2.24, 2.45) is 16.2 Å². The van der Waals surface area contributed by atoms with Gasteiger partial charge in [-0.05, 0) is 18.3 Å². The molecule has 2 saturated carbocycles. The minimum absolute atomic E-state index is 0.147. The van der Waals surface area contributed by atoms with Crippen LogP contribution in [0.3, 0.4) is 0 Å². The number of hydrogen-bond donors (Lipinski definition) is 0. The van der Waals surface area contributed by atoms with E-state index in [4.69, 9.17) is 4.74 Å². The van der Waals surface area contributed by atoms with E-state index in [1.807, 2.05) is 20.8 Å². The molecule has 90 valence electrons.